The molecule has 0 aromatic carbocycles. The van der Waals surface area contributed by atoms with Crippen LogP contribution in [0, 0.1) is 17.3 Å². The molecule has 0 spiro atoms. The normalized spacial score (nSPS) is 54.3. The van der Waals surface area contributed by atoms with Gasteiger partial charge in [0.05, 0.1) is 11.6 Å². The largest absolute Gasteiger partial charge is 0.390 e. The molecule has 0 amide bonds. The Kier molecular flexibility index (Phi) is 1.85. The zero-order valence-corrected chi connectivity index (χ0v) is 8.91. The smallest absolute Gasteiger partial charge is 0.217 e. The molecule has 0 aromatic heterocycles. The lowest BCUT2D eigenvalue weighted by Gasteiger charge is -2.61. The van der Waals surface area contributed by atoms with Gasteiger partial charge in [-0.05, 0) is 55.8 Å². The molecule has 4 rings (SSSR count). The molecule has 4 bridgehead atoms. The minimum atomic E-state index is -0.515. The zero-order valence-electron chi connectivity index (χ0n) is 8.91. The van der Waals surface area contributed by atoms with Crippen LogP contribution in [0.3, 0.4) is 0 Å². The van der Waals surface area contributed by atoms with Gasteiger partial charge in [0.1, 0.15) is 0 Å². The van der Waals surface area contributed by atoms with Crippen molar-refractivity contribution in [1.29, 1.82) is 0 Å². The van der Waals surface area contributed by atoms with Crippen LogP contribution in [0.5, 0.6) is 0 Å². The molecule has 3 N–H and O–H groups in total. The summed E-state index contributed by atoms with van der Waals surface area (Å²) in [5.41, 5.74) is 5.26. The van der Waals surface area contributed by atoms with E-state index in [0.29, 0.717) is 11.8 Å². The third-order valence-electron chi connectivity index (χ3n) is 4.86. The Labute approximate surface area is 90.0 Å². The number of aliphatic hydroxyl groups is 1. The molecule has 3 nitrogen and oxygen atoms in total. The first kappa shape index (κ1) is 9.79. The first-order valence-electron chi connectivity index (χ1n) is 5.91. The Morgan fingerprint density at radius 2 is 1.87 bits per heavy atom. The molecule has 1 radical (unpaired) electrons. The fourth-order valence-electron chi connectivity index (χ4n) is 4.77. The predicted octanol–water partition coefficient (Wildman–Crippen LogP) is 0.755. The van der Waals surface area contributed by atoms with Crippen molar-refractivity contribution < 1.29 is 9.90 Å². The van der Waals surface area contributed by atoms with Gasteiger partial charge in [-0.15, -0.1) is 0 Å². The second-order valence-electron chi connectivity index (χ2n) is 6.14. The summed E-state index contributed by atoms with van der Waals surface area (Å²) in [5.74, 6) is 1.19. The molecule has 0 saturated heterocycles. The third kappa shape index (κ3) is 1.29. The van der Waals surface area contributed by atoms with Crippen LogP contribution in [-0.4, -0.2) is 23.0 Å². The van der Waals surface area contributed by atoms with Crippen LogP contribution in [0.2, 0.25) is 0 Å². The maximum atomic E-state index is 10.8. The van der Waals surface area contributed by atoms with E-state index >= 15 is 0 Å². The van der Waals surface area contributed by atoms with Crippen LogP contribution in [0.25, 0.3) is 0 Å². The van der Waals surface area contributed by atoms with Crippen molar-refractivity contribution in [3.63, 3.8) is 0 Å². The Morgan fingerprint density at radius 3 is 2.33 bits per heavy atom. The van der Waals surface area contributed by atoms with E-state index in [1.54, 1.807) is 0 Å². The maximum Gasteiger partial charge on any atom is 0.217 e. The monoisotopic (exact) mass is 208 g/mol. The van der Waals surface area contributed by atoms with Crippen molar-refractivity contribution in [2.75, 3.05) is 0 Å². The van der Waals surface area contributed by atoms with Crippen molar-refractivity contribution in [1.82, 2.24) is 0 Å². The molecule has 0 heterocycles. The third-order valence-corrected chi connectivity index (χ3v) is 4.86. The summed E-state index contributed by atoms with van der Waals surface area (Å²) in [4.78, 5) is 10.8. The number of nitrogens with two attached hydrogens (primary N) is 1. The van der Waals surface area contributed by atoms with Gasteiger partial charge in [-0.3, -0.25) is 4.79 Å². The molecule has 0 aliphatic heterocycles. The van der Waals surface area contributed by atoms with Crippen LogP contribution in [0.1, 0.15) is 38.5 Å². The van der Waals surface area contributed by atoms with E-state index in [2.05, 4.69) is 0 Å². The Bertz CT molecular complexity index is 288. The second-order valence-corrected chi connectivity index (χ2v) is 6.14. The van der Waals surface area contributed by atoms with E-state index in [9.17, 15) is 9.90 Å². The molecule has 0 unspecified atom stereocenters. The van der Waals surface area contributed by atoms with Crippen LogP contribution in [0.4, 0.5) is 0 Å². The summed E-state index contributed by atoms with van der Waals surface area (Å²) >= 11 is 0. The molecule has 3 atom stereocenters. The highest BCUT2D eigenvalue weighted by Crippen LogP contribution is 2.62. The summed E-state index contributed by atoms with van der Waals surface area (Å²) in [6, 6.07) is -0.491. The van der Waals surface area contributed by atoms with Gasteiger partial charge in [0.25, 0.3) is 0 Å². The van der Waals surface area contributed by atoms with Crippen LogP contribution < -0.4 is 5.73 Å². The topological polar surface area (TPSA) is 63.3 Å². The molecule has 0 aromatic rings. The van der Waals surface area contributed by atoms with Crippen molar-refractivity contribution in [2.45, 2.75) is 50.2 Å². The second kappa shape index (κ2) is 2.83. The summed E-state index contributed by atoms with van der Waals surface area (Å²) in [5, 5.41) is 10.4. The number of hydrogen-bond acceptors (Lipinski definition) is 3. The Hall–Kier alpha value is -0.410. The summed E-state index contributed by atoms with van der Waals surface area (Å²) in [6.07, 6.45) is 7.83. The summed E-state index contributed by atoms with van der Waals surface area (Å²) in [7, 11) is 0. The van der Waals surface area contributed by atoms with Crippen LogP contribution in [0.15, 0.2) is 0 Å². The lowest BCUT2D eigenvalue weighted by molar-refractivity contribution is -0.165. The maximum absolute atomic E-state index is 10.8. The van der Waals surface area contributed by atoms with Gasteiger partial charge >= 0.3 is 0 Å². The van der Waals surface area contributed by atoms with E-state index in [0.717, 1.165) is 32.1 Å². The zero-order chi connectivity index (χ0) is 10.7. The summed E-state index contributed by atoms with van der Waals surface area (Å²) < 4.78 is 0. The Morgan fingerprint density at radius 1 is 1.27 bits per heavy atom. The first-order valence-corrected chi connectivity index (χ1v) is 5.91. The lowest BCUT2D eigenvalue weighted by Crippen LogP contribution is -2.61. The highest BCUT2D eigenvalue weighted by molar-refractivity contribution is 5.60. The number of carbonyl (C=O) groups excluding carboxylic acids is 1. The first-order chi connectivity index (χ1) is 7.05. The van der Waals surface area contributed by atoms with Gasteiger partial charge in [-0.25, -0.2) is 0 Å². The highest BCUT2D eigenvalue weighted by atomic mass is 16.3. The SMILES string of the molecule is N[C@H]([C]=O)[C@]12C[C@@H]3C[C@H](C[C@@](O)(C3)C1)C2. The standard InChI is InChI=1S/C12H18NO2/c13-10(6-14)11-2-8-1-9(3-11)5-12(15,4-8)7-11/h8-10,15H,1-5,7,13H2/t8-,9-,10+,11-,12-/m0/s1. The quantitative estimate of drug-likeness (QED) is 0.704. The molecule has 83 valence electrons. The molecule has 4 saturated carbocycles. The van der Waals surface area contributed by atoms with Gasteiger partial charge in [0, 0.05) is 0 Å². The van der Waals surface area contributed by atoms with E-state index in [4.69, 9.17) is 5.73 Å². The van der Waals surface area contributed by atoms with E-state index in [1.165, 1.54) is 6.42 Å². The molecule has 4 fully saturated rings. The molecular weight excluding hydrogens is 190 g/mol. The van der Waals surface area contributed by atoms with E-state index in [-0.39, 0.29) is 5.41 Å². The summed E-state index contributed by atoms with van der Waals surface area (Å²) in [6.45, 7) is 0. The molecule has 15 heavy (non-hydrogen) atoms. The van der Waals surface area contributed by atoms with Crippen LogP contribution in [-0.2, 0) is 4.79 Å². The molecule has 3 heteroatoms. The van der Waals surface area contributed by atoms with Gasteiger partial charge < -0.3 is 10.8 Å². The number of rotatable bonds is 2. The fourth-order valence-corrected chi connectivity index (χ4v) is 4.77. The molecule has 4 aliphatic carbocycles. The van der Waals surface area contributed by atoms with E-state index < -0.39 is 11.6 Å². The average Bonchev–Trinajstić information content (AvgIpc) is 2.12. The van der Waals surface area contributed by atoms with Crippen molar-refractivity contribution in [2.24, 2.45) is 23.0 Å². The minimum Gasteiger partial charge on any atom is -0.390 e. The van der Waals surface area contributed by atoms with Crippen molar-refractivity contribution >= 4 is 6.29 Å². The fraction of sp³-hybridized carbons (Fsp3) is 0.917. The van der Waals surface area contributed by atoms with Crippen molar-refractivity contribution in [3.05, 3.63) is 0 Å². The van der Waals surface area contributed by atoms with Gasteiger partial charge in [0.2, 0.25) is 6.29 Å². The number of hydrogen-bond donors (Lipinski definition) is 2. The Balaban J connectivity index is 1.95. The average molecular weight is 208 g/mol. The molecular formula is C12H18NO2. The predicted molar refractivity (Wildman–Crippen MR) is 55.7 cm³/mol. The molecule has 4 aliphatic rings. The minimum absolute atomic E-state index is 0.124. The lowest BCUT2D eigenvalue weighted by atomic mass is 9.46. The van der Waals surface area contributed by atoms with Gasteiger partial charge in [0.15, 0.2) is 0 Å². The van der Waals surface area contributed by atoms with Crippen LogP contribution >= 0.6 is 0 Å². The van der Waals surface area contributed by atoms with Crippen molar-refractivity contribution in [3.8, 4) is 0 Å². The highest BCUT2D eigenvalue weighted by Gasteiger charge is 2.59. The van der Waals surface area contributed by atoms with E-state index in [1.807, 2.05) is 6.29 Å². The van der Waals surface area contributed by atoms with Gasteiger partial charge in [-0.2, -0.15) is 0 Å². The van der Waals surface area contributed by atoms with Gasteiger partial charge in [-0.1, -0.05) is 0 Å².